The van der Waals surface area contributed by atoms with Gasteiger partial charge in [0.15, 0.2) is 0 Å². The number of carbonyl (C=O) groups excluding carboxylic acids is 1. The van der Waals surface area contributed by atoms with Gasteiger partial charge < -0.3 is 14.6 Å². The molecule has 0 atom stereocenters. The average Bonchev–Trinajstić information content (AvgIpc) is 3.55. The third-order valence-electron chi connectivity index (χ3n) is 5.80. The molecule has 180 valence electrons. The normalized spacial score (nSPS) is 14.0. The molecule has 1 aliphatic heterocycles. The van der Waals surface area contributed by atoms with Gasteiger partial charge in [0.2, 0.25) is 11.8 Å². The van der Waals surface area contributed by atoms with E-state index < -0.39 is 11.7 Å². The molecule has 5 rings (SSSR count). The fraction of sp³-hybridized carbons (Fsp3) is 0.240. The number of nitrogens with zero attached hydrogens (tertiary/aromatic N) is 3. The second-order valence-electron chi connectivity index (χ2n) is 8.16. The lowest BCUT2D eigenvalue weighted by Gasteiger charge is -2.23. The second kappa shape index (κ2) is 9.61. The summed E-state index contributed by atoms with van der Waals surface area (Å²) in [6, 6.07) is 17.0. The predicted octanol–water partition coefficient (Wildman–Crippen LogP) is 6.24. The smallest absolute Gasteiger partial charge is 0.411 e. The van der Waals surface area contributed by atoms with Crippen molar-refractivity contribution in [2.75, 3.05) is 29.1 Å². The van der Waals surface area contributed by atoms with E-state index in [2.05, 4.69) is 15.5 Å². The molecule has 0 spiro atoms. The number of anilines is 2. The highest BCUT2D eigenvalue weighted by Crippen LogP contribution is 2.37. The van der Waals surface area contributed by atoms with Crippen LogP contribution < -0.4 is 10.2 Å². The molecular formula is C25H21F3N4O2S. The summed E-state index contributed by atoms with van der Waals surface area (Å²) in [4.78, 5) is 14.5. The molecule has 1 fully saturated rings. The van der Waals surface area contributed by atoms with Gasteiger partial charge in [-0.3, -0.25) is 4.79 Å². The molecule has 1 amide bonds. The van der Waals surface area contributed by atoms with Gasteiger partial charge in [-0.05, 0) is 47.9 Å². The van der Waals surface area contributed by atoms with Crippen molar-refractivity contribution >= 4 is 39.8 Å². The van der Waals surface area contributed by atoms with Gasteiger partial charge in [0.05, 0.1) is 22.7 Å². The molecule has 0 saturated carbocycles. The van der Waals surface area contributed by atoms with E-state index in [4.69, 9.17) is 4.42 Å². The van der Waals surface area contributed by atoms with Crippen molar-refractivity contribution in [1.82, 2.24) is 10.2 Å². The lowest BCUT2D eigenvalue weighted by molar-refractivity contribution is -0.137. The highest BCUT2D eigenvalue weighted by Gasteiger charge is 2.32. The Morgan fingerprint density at radius 3 is 2.60 bits per heavy atom. The standard InChI is InChI=1S/C25H21F3N4O2S/c26-25(27,28)17-10-11-20(21(14-17)32-12-3-4-13-32)29-22(33)15-35-24-31-30-23(34-24)19-9-5-7-16-6-1-2-8-18(16)19/h1-2,5-11,14H,3-4,12-13,15H2,(H,29,33). The van der Waals surface area contributed by atoms with Crippen molar-refractivity contribution < 1.29 is 22.4 Å². The Bertz CT molecular complexity index is 1360. The Hall–Kier alpha value is -3.53. The van der Waals surface area contributed by atoms with Gasteiger partial charge in [-0.15, -0.1) is 10.2 Å². The number of carbonyl (C=O) groups is 1. The van der Waals surface area contributed by atoms with Gasteiger partial charge in [-0.25, -0.2) is 0 Å². The molecule has 1 aromatic heterocycles. The van der Waals surface area contributed by atoms with E-state index in [1.165, 1.54) is 6.07 Å². The van der Waals surface area contributed by atoms with Crippen LogP contribution in [0, 0.1) is 0 Å². The lowest BCUT2D eigenvalue weighted by atomic mass is 10.0. The van der Waals surface area contributed by atoms with Crippen molar-refractivity contribution in [3.05, 3.63) is 66.2 Å². The number of nitrogens with one attached hydrogen (secondary N) is 1. The summed E-state index contributed by atoms with van der Waals surface area (Å²) in [5.74, 6) is -0.0543. The second-order valence-corrected chi connectivity index (χ2v) is 9.09. The molecule has 35 heavy (non-hydrogen) atoms. The third kappa shape index (κ3) is 5.12. The van der Waals surface area contributed by atoms with Crippen LogP contribution in [0.5, 0.6) is 0 Å². The van der Waals surface area contributed by atoms with Gasteiger partial charge in [0.25, 0.3) is 5.22 Å². The van der Waals surface area contributed by atoms with E-state index in [1.807, 2.05) is 47.4 Å². The van der Waals surface area contributed by atoms with Crippen molar-refractivity contribution in [3.63, 3.8) is 0 Å². The summed E-state index contributed by atoms with van der Waals surface area (Å²) in [6.45, 7) is 1.30. The van der Waals surface area contributed by atoms with E-state index in [0.29, 0.717) is 30.4 Å². The zero-order valence-corrected chi connectivity index (χ0v) is 19.3. The molecular weight excluding hydrogens is 477 g/mol. The van der Waals surface area contributed by atoms with Crippen LogP contribution in [-0.4, -0.2) is 34.9 Å². The van der Waals surface area contributed by atoms with E-state index in [-0.39, 0.29) is 16.9 Å². The maximum Gasteiger partial charge on any atom is 0.416 e. The Morgan fingerprint density at radius 2 is 1.80 bits per heavy atom. The fourth-order valence-corrected chi connectivity index (χ4v) is 4.70. The Kier molecular flexibility index (Phi) is 6.38. The minimum absolute atomic E-state index is 0.0301. The number of thioether (sulfide) groups is 1. The van der Waals surface area contributed by atoms with Crippen LogP contribution in [0.1, 0.15) is 18.4 Å². The van der Waals surface area contributed by atoms with Crippen molar-refractivity contribution in [1.29, 1.82) is 0 Å². The molecule has 2 heterocycles. The first-order chi connectivity index (χ1) is 16.9. The molecule has 0 bridgehead atoms. The lowest BCUT2D eigenvalue weighted by Crippen LogP contribution is -2.22. The van der Waals surface area contributed by atoms with Gasteiger partial charge in [0, 0.05) is 18.7 Å². The number of benzene rings is 3. The summed E-state index contributed by atoms with van der Waals surface area (Å²) >= 11 is 1.07. The Labute approximate surface area is 203 Å². The first-order valence-electron chi connectivity index (χ1n) is 11.1. The molecule has 0 unspecified atom stereocenters. The van der Waals surface area contributed by atoms with Gasteiger partial charge in [-0.1, -0.05) is 48.2 Å². The van der Waals surface area contributed by atoms with Crippen LogP contribution in [0.25, 0.3) is 22.2 Å². The SMILES string of the molecule is O=C(CSc1nnc(-c2cccc3ccccc23)o1)Nc1ccc(C(F)(F)F)cc1N1CCCC1. The summed E-state index contributed by atoms with van der Waals surface area (Å²) in [5, 5.41) is 13.1. The number of fused-ring (bicyclic) bond motifs is 1. The Morgan fingerprint density at radius 1 is 1.03 bits per heavy atom. The van der Waals surface area contributed by atoms with Gasteiger partial charge >= 0.3 is 6.18 Å². The zero-order chi connectivity index (χ0) is 24.4. The van der Waals surface area contributed by atoms with Gasteiger partial charge in [0.1, 0.15) is 0 Å². The zero-order valence-electron chi connectivity index (χ0n) is 18.5. The first-order valence-corrected chi connectivity index (χ1v) is 12.1. The molecule has 3 aromatic carbocycles. The number of aromatic nitrogens is 2. The number of amides is 1. The summed E-state index contributed by atoms with van der Waals surface area (Å²) < 4.78 is 45.5. The molecule has 1 saturated heterocycles. The molecule has 4 aromatic rings. The molecule has 0 radical (unpaired) electrons. The summed E-state index contributed by atoms with van der Waals surface area (Å²) in [5.41, 5.74) is 0.796. The number of rotatable bonds is 6. The van der Waals surface area contributed by atoms with Crippen LogP contribution >= 0.6 is 11.8 Å². The molecule has 6 nitrogen and oxygen atoms in total. The summed E-state index contributed by atoms with van der Waals surface area (Å²) in [7, 11) is 0. The van der Waals surface area contributed by atoms with E-state index in [0.717, 1.165) is 53.1 Å². The fourth-order valence-electron chi connectivity index (χ4n) is 4.14. The summed E-state index contributed by atoms with van der Waals surface area (Å²) in [6.07, 6.45) is -2.65. The van der Waals surface area contributed by atoms with Crippen LogP contribution in [0.15, 0.2) is 70.3 Å². The largest absolute Gasteiger partial charge is 0.416 e. The third-order valence-corrected chi connectivity index (χ3v) is 6.62. The number of halogens is 3. The van der Waals surface area contributed by atoms with Crippen LogP contribution in [0.2, 0.25) is 0 Å². The Balaban J connectivity index is 1.28. The maximum absolute atomic E-state index is 13.2. The highest BCUT2D eigenvalue weighted by molar-refractivity contribution is 7.99. The quantitative estimate of drug-likeness (QED) is 0.317. The van der Waals surface area contributed by atoms with Crippen LogP contribution in [0.4, 0.5) is 24.5 Å². The molecule has 10 heteroatoms. The van der Waals surface area contributed by atoms with Crippen LogP contribution in [-0.2, 0) is 11.0 Å². The number of alkyl halides is 3. The van der Waals surface area contributed by atoms with Gasteiger partial charge in [-0.2, -0.15) is 13.2 Å². The minimum atomic E-state index is -4.45. The minimum Gasteiger partial charge on any atom is -0.411 e. The van der Waals surface area contributed by atoms with Crippen LogP contribution in [0.3, 0.4) is 0 Å². The number of hydrogen-bond acceptors (Lipinski definition) is 6. The molecule has 0 aliphatic carbocycles. The average molecular weight is 499 g/mol. The number of hydrogen-bond donors (Lipinski definition) is 1. The predicted molar refractivity (Wildman–Crippen MR) is 129 cm³/mol. The highest BCUT2D eigenvalue weighted by atomic mass is 32.2. The van der Waals surface area contributed by atoms with E-state index >= 15 is 0 Å². The topological polar surface area (TPSA) is 71.3 Å². The van der Waals surface area contributed by atoms with E-state index in [9.17, 15) is 18.0 Å². The van der Waals surface area contributed by atoms with Crippen molar-refractivity contribution in [3.8, 4) is 11.5 Å². The first kappa shape index (κ1) is 23.2. The van der Waals surface area contributed by atoms with Crippen molar-refractivity contribution in [2.24, 2.45) is 0 Å². The molecule has 1 N–H and O–H groups in total. The monoisotopic (exact) mass is 498 g/mol. The molecule has 1 aliphatic rings. The maximum atomic E-state index is 13.2. The van der Waals surface area contributed by atoms with Crippen molar-refractivity contribution in [2.45, 2.75) is 24.2 Å². The van der Waals surface area contributed by atoms with E-state index in [1.54, 1.807) is 0 Å².